The van der Waals surface area contributed by atoms with Crippen LogP contribution in [-0.2, 0) is 16.2 Å². The zero-order valence-corrected chi connectivity index (χ0v) is 33.3. The normalized spacial score (nSPS) is 11.5. The average molecular weight is 745 g/mol. The minimum Gasteiger partial charge on any atom is -0.507 e. The summed E-state index contributed by atoms with van der Waals surface area (Å²) in [4.78, 5) is 32.6. The number of hydrogen-bond donors (Lipinski definition) is 9. The van der Waals surface area contributed by atoms with Crippen LogP contribution in [0.15, 0.2) is 36.4 Å². The van der Waals surface area contributed by atoms with Crippen molar-refractivity contribution in [1.82, 2.24) is 0 Å². The Morgan fingerprint density at radius 1 is 0.434 bits per heavy atom. The second-order valence-corrected chi connectivity index (χ2v) is 16.5. The van der Waals surface area contributed by atoms with Gasteiger partial charge in [-0.1, -0.05) is 69.2 Å². The molecule has 3 aromatic rings. The summed E-state index contributed by atoms with van der Waals surface area (Å²) in [7, 11) is 0. The summed E-state index contributed by atoms with van der Waals surface area (Å²) < 4.78 is 0. The Balaban J connectivity index is 0.000000697. The first-order valence-corrected chi connectivity index (χ1v) is 16.9. The Hall–Kier alpha value is -4.65. The molecule has 12 nitrogen and oxygen atoms in total. The highest BCUT2D eigenvalue weighted by Gasteiger charge is 2.24. The van der Waals surface area contributed by atoms with Crippen LogP contribution in [0.3, 0.4) is 0 Å². The van der Waals surface area contributed by atoms with E-state index >= 15 is 0 Å². The zero-order valence-electron chi connectivity index (χ0n) is 33.3. The lowest BCUT2D eigenvalue weighted by molar-refractivity contribution is 0.0200. The van der Waals surface area contributed by atoms with E-state index in [-0.39, 0.29) is 70.0 Å². The first-order valence-electron chi connectivity index (χ1n) is 16.9. The van der Waals surface area contributed by atoms with Gasteiger partial charge in [-0.25, -0.2) is 14.4 Å². The van der Waals surface area contributed by atoms with Gasteiger partial charge in [-0.2, -0.15) is 0 Å². The zero-order chi connectivity index (χ0) is 42.0. The van der Waals surface area contributed by atoms with Crippen molar-refractivity contribution < 1.29 is 60.3 Å². The molecule has 0 aliphatic heterocycles. The highest BCUT2D eigenvalue weighted by atomic mass is 16.4. The molecule has 0 spiro atoms. The smallest absolute Gasteiger partial charge is 0.335 e. The second-order valence-electron chi connectivity index (χ2n) is 16.5. The van der Waals surface area contributed by atoms with Gasteiger partial charge in [0.05, 0.1) is 36.5 Å². The highest BCUT2D eigenvalue weighted by molar-refractivity contribution is 5.89. The third-order valence-electron chi connectivity index (χ3n) is 8.21. The van der Waals surface area contributed by atoms with E-state index in [4.69, 9.17) is 30.6 Å². The van der Waals surface area contributed by atoms with Crippen LogP contribution in [0.1, 0.15) is 134 Å². The third kappa shape index (κ3) is 14.4. The standard InChI is InChI=1S/3C12H16O3.C5H12O3/c3*1-7-5-8(11(14)15)6-9(10(7)13)12(2,3)4;1-5(2-6,3-7)4-8/h3*5-6,13H,1-4H3,(H,14,15);6-8H,2-4H2,1H3. The maximum Gasteiger partial charge on any atom is 0.335 e. The Kier molecular flexibility index (Phi) is 17.2. The molecular weight excluding hydrogens is 684 g/mol. The average Bonchev–Trinajstić information content (AvgIpc) is 3.03. The van der Waals surface area contributed by atoms with E-state index < -0.39 is 23.3 Å². The third-order valence-corrected chi connectivity index (χ3v) is 8.21. The molecule has 0 radical (unpaired) electrons. The summed E-state index contributed by atoms with van der Waals surface area (Å²) in [5.41, 5.74) is 2.95. The lowest BCUT2D eigenvalue weighted by atomic mass is 9.84. The topological polar surface area (TPSA) is 233 Å². The van der Waals surface area contributed by atoms with Crippen molar-refractivity contribution in [3.05, 3.63) is 86.5 Å². The van der Waals surface area contributed by atoms with Gasteiger partial charge in [0.1, 0.15) is 17.2 Å². The summed E-state index contributed by atoms with van der Waals surface area (Å²) >= 11 is 0. The number of carboxylic acid groups (broad SMARTS) is 3. The number of carboxylic acids is 3. The largest absolute Gasteiger partial charge is 0.507 e. The molecule has 3 rings (SSSR count). The first-order chi connectivity index (χ1) is 23.9. The number of aromatic hydroxyl groups is 3. The van der Waals surface area contributed by atoms with Gasteiger partial charge in [0.25, 0.3) is 0 Å². The minimum absolute atomic E-state index is 0.181. The van der Waals surface area contributed by atoms with Crippen LogP contribution in [0.5, 0.6) is 17.2 Å². The number of aromatic carboxylic acids is 3. The molecule has 0 saturated heterocycles. The number of phenols is 3. The van der Waals surface area contributed by atoms with Crippen molar-refractivity contribution >= 4 is 17.9 Å². The summed E-state index contributed by atoms with van der Waals surface area (Å²) in [6.07, 6.45) is 0. The predicted molar refractivity (Wildman–Crippen MR) is 205 cm³/mol. The van der Waals surface area contributed by atoms with Crippen LogP contribution in [0.4, 0.5) is 0 Å². The number of phenolic OH excluding ortho intramolecular Hbond substituents is 3. The van der Waals surface area contributed by atoms with Gasteiger partial charge in [-0.05, 0) is 90.1 Å². The molecule has 0 fully saturated rings. The Bertz CT molecular complexity index is 1530. The summed E-state index contributed by atoms with van der Waals surface area (Å²) in [6, 6.07) is 9.03. The molecule has 296 valence electrons. The molecule has 0 saturated carbocycles. The van der Waals surface area contributed by atoms with Crippen molar-refractivity contribution in [2.24, 2.45) is 5.41 Å². The highest BCUT2D eigenvalue weighted by Crippen LogP contribution is 2.36. The van der Waals surface area contributed by atoms with Crippen LogP contribution >= 0.6 is 0 Å². The number of aryl methyl sites for hydroxylation is 3. The fourth-order valence-corrected chi connectivity index (χ4v) is 4.57. The van der Waals surface area contributed by atoms with Crippen LogP contribution in [0.25, 0.3) is 0 Å². The summed E-state index contributed by atoms with van der Waals surface area (Å²) in [5, 5.41) is 81.7. The van der Waals surface area contributed by atoms with Gasteiger partial charge in [0.2, 0.25) is 0 Å². The molecule has 0 amide bonds. The van der Waals surface area contributed by atoms with E-state index in [9.17, 15) is 29.7 Å². The Morgan fingerprint density at radius 3 is 0.736 bits per heavy atom. The van der Waals surface area contributed by atoms with Gasteiger partial charge in [0.15, 0.2) is 0 Å². The lowest BCUT2D eigenvalue weighted by Gasteiger charge is -2.22. The van der Waals surface area contributed by atoms with Gasteiger partial charge >= 0.3 is 17.9 Å². The van der Waals surface area contributed by atoms with Crippen LogP contribution in [0, 0.1) is 26.2 Å². The fraction of sp³-hybridized carbons (Fsp3) is 0.488. The van der Waals surface area contributed by atoms with Gasteiger partial charge < -0.3 is 46.0 Å². The van der Waals surface area contributed by atoms with Crippen LogP contribution < -0.4 is 0 Å². The predicted octanol–water partition coefficient (Wildman–Crippen LogP) is 7.06. The molecule has 53 heavy (non-hydrogen) atoms. The first kappa shape index (κ1) is 48.3. The Morgan fingerprint density at radius 2 is 0.623 bits per heavy atom. The van der Waals surface area contributed by atoms with E-state index in [0.29, 0.717) is 33.4 Å². The van der Waals surface area contributed by atoms with E-state index in [1.54, 1.807) is 27.7 Å². The SMILES string of the molecule is CC(CO)(CO)CO.Cc1cc(C(=O)O)cc(C(C)(C)C)c1O.Cc1cc(C(=O)O)cc(C(C)(C)C)c1O.Cc1cc(C(=O)O)cc(C(C)(C)C)c1O. The molecule has 0 unspecified atom stereocenters. The fourth-order valence-electron chi connectivity index (χ4n) is 4.57. The van der Waals surface area contributed by atoms with Crippen LogP contribution in [0.2, 0.25) is 0 Å². The molecule has 0 aromatic heterocycles. The van der Waals surface area contributed by atoms with E-state index in [0.717, 1.165) is 0 Å². The number of rotatable bonds is 6. The monoisotopic (exact) mass is 744 g/mol. The molecule has 0 atom stereocenters. The van der Waals surface area contributed by atoms with Crippen molar-refractivity contribution in [3.8, 4) is 17.2 Å². The quantitative estimate of drug-likeness (QED) is 0.123. The number of aliphatic hydroxyl groups is 3. The maximum atomic E-state index is 10.9. The van der Waals surface area contributed by atoms with Crippen molar-refractivity contribution in [2.45, 2.75) is 106 Å². The van der Waals surface area contributed by atoms with Gasteiger partial charge in [0, 0.05) is 22.1 Å². The molecule has 3 aromatic carbocycles. The lowest BCUT2D eigenvalue weighted by Crippen LogP contribution is -2.29. The van der Waals surface area contributed by atoms with Crippen molar-refractivity contribution in [1.29, 1.82) is 0 Å². The van der Waals surface area contributed by atoms with E-state index in [1.807, 2.05) is 62.3 Å². The molecule has 0 bridgehead atoms. The van der Waals surface area contributed by atoms with E-state index in [1.165, 1.54) is 36.4 Å². The summed E-state index contributed by atoms with van der Waals surface area (Å²) in [5.74, 6) is -2.34. The molecule has 0 heterocycles. The van der Waals surface area contributed by atoms with Crippen molar-refractivity contribution in [3.63, 3.8) is 0 Å². The summed E-state index contributed by atoms with van der Waals surface area (Å²) in [6.45, 7) is 23.6. The minimum atomic E-state index is -0.969. The van der Waals surface area contributed by atoms with E-state index in [2.05, 4.69) is 0 Å². The molecule has 12 heteroatoms. The van der Waals surface area contributed by atoms with Gasteiger partial charge in [-0.15, -0.1) is 0 Å². The second kappa shape index (κ2) is 18.9. The number of hydrogen-bond acceptors (Lipinski definition) is 9. The molecule has 0 aliphatic carbocycles. The molecular formula is C41H60O12. The van der Waals surface area contributed by atoms with Crippen LogP contribution in [-0.4, -0.2) is 83.7 Å². The number of benzene rings is 3. The molecule has 9 N–H and O–H groups in total. The Labute approximate surface area is 313 Å². The molecule has 0 aliphatic rings. The maximum absolute atomic E-state index is 10.9. The van der Waals surface area contributed by atoms with Gasteiger partial charge in [-0.3, -0.25) is 0 Å². The number of aliphatic hydroxyl groups excluding tert-OH is 3. The number of carbonyl (C=O) groups is 3. The van der Waals surface area contributed by atoms with Crippen molar-refractivity contribution in [2.75, 3.05) is 19.8 Å².